The van der Waals surface area contributed by atoms with E-state index in [0.29, 0.717) is 0 Å². The quantitative estimate of drug-likeness (QED) is 0.672. The summed E-state index contributed by atoms with van der Waals surface area (Å²) in [4.78, 5) is 2.65. The Morgan fingerprint density at radius 3 is 2.50 bits per heavy atom. The molecule has 0 bridgehead atoms. The van der Waals surface area contributed by atoms with Crippen LogP contribution in [0.5, 0.6) is 0 Å². The molecule has 12 heavy (non-hydrogen) atoms. The standard InChI is InChI=1S/C10H22N2/c1-3-10(6-7-11-2)12-8-4-5-9-12/h10-11H,3-9H2,1-2H3. The van der Waals surface area contributed by atoms with Crippen molar-refractivity contribution < 1.29 is 0 Å². The molecule has 0 aliphatic carbocycles. The Morgan fingerprint density at radius 2 is 2.00 bits per heavy atom. The van der Waals surface area contributed by atoms with Crippen LogP contribution in [0.3, 0.4) is 0 Å². The lowest BCUT2D eigenvalue weighted by Gasteiger charge is -2.26. The van der Waals surface area contributed by atoms with Gasteiger partial charge < -0.3 is 10.2 Å². The number of rotatable bonds is 5. The predicted molar refractivity (Wildman–Crippen MR) is 53.4 cm³/mol. The SMILES string of the molecule is CCC(CCNC)N1CCCC1. The molecule has 1 fully saturated rings. The van der Waals surface area contributed by atoms with Gasteiger partial charge in [-0.1, -0.05) is 6.92 Å². The van der Waals surface area contributed by atoms with Gasteiger partial charge in [0.15, 0.2) is 0 Å². The summed E-state index contributed by atoms with van der Waals surface area (Å²) in [6, 6.07) is 0.833. The fourth-order valence-corrected chi connectivity index (χ4v) is 2.06. The summed E-state index contributed by atoms with van der Waals surface area (Å²) in [5.74, 6) is 0. The van der Waals surface area contributed by atoms with Crippen LogP contribution in [0.15, 0.2) is 0 Å². The molecule has 1 heterocycles. The van der Waals surface area contributed by atoms with E-state index in [1.54, 1.807) is 0 Å². The number of hydrogen-bond acceptors (Lipinski definition) is 2. The Balaban J connectivity index is 2.22. The summed E-state index contributed by atoms with van der Waals surface area (Å²) in [5.41, 5.74) is 0. The second kappa shape index (κ2) is 5.55. The zero-order valence-electron chi connectivity index (χ0n) is 8.47. The first-order valence-electron chi connectivity index (χ1n) is 5.27. The van der Waals surface area contributed by atoms with Crippen molar-refractivity contribution in [1.29, 1.82) is 0 Å². The van der Waals surface area contributed by atoms with Gasteiger partial charge in [-0.3, -0.25) is 0 Å². The number of nitrogens with one attached hydrogen (secondary N) is 1. The van der Waals surface area contributed by atoms with Gasteiger partial charge >= 0.3 is 0 Å². The molecule has 0 spiro atoms. The second-order valence-electron chi connectivity index (χ2n) is 3.70. The molecular formula is C10H22N2. The van der Waals surface area contributed by atoms with E-state index < -0.39 is 0 Å². The minimum atomic E-state index is 0.833. The fourth-order valence-electron chi connectivity index (χ4n) is 2.06. The van der Waals surface area contributed by atoms with Crippen LogP contribution in [0.4, 0.5) is 0 Å². The molecule has 1 rings (SSSR count). The van der Waals surface area contributed by atoms with E-state index in [4.69, 9.17) is 0 Å². The largest absolute Gasteiger partial charge is 0.320 e. The van der Waals surface area contributed by atoms with E-state index >= 15 is 0 Å². The first kappa shape index (κ1) is 10.0. The van der Waals surface area contributed by atoms with Gasteiger partial charge in [-0.25, -0.2) is 0 Å². The highest BCUT2D eigenvalue weighted by atomic mass is 15.2. The van der Waals surface area contributed by atoms with E-state index in [-0.39, 0.29) is 0 Å². The highest BCUT2D eigenvalue weighted by molar-refractivity contribution is 4.75. The van der Waals surface area contributed by atoms with Crippen molar-refractivity contribution in [3.63, 3.8) is 0 Å². The first-order valence-corrected chi connectivity index (χ1v) is 5.27. The maximum absolute atomic E-state index is 3.23. The molecule has 72 valence electrons. The van der Waals surface area contributed by atoms with E-state index in [9.17, 15) is 0 Å². The van der Waals surface area contributed by atoms with E-state index in [2.05, 4.69) is 17.1 Å². The maximum Gasteiger partial charge on any atom is 0.0105 e. The molecule has 1 N–H and O–H groups in total. The van der Waals surface area contributed by atoms with Gasteiger partial charge in [-0.15, -0.1) is 0 Å². The molecule has 0 aromatic rings. The normalized spacial score (nSPS) is 21.5. The highest BCUT2D eigenvalue weighted by Gasteiger charge is 2.19. The van der Waals surface area contributed by atoms with Crippen LogP contribution in [-0.4, -0.2) is 37.6 Å². The molecular weight excluding hydrogens is 148 g/mol. The fraction of sp³-hybridized carbons (Fsp3) is 1.00. The third-order valence-electron chi connectivity index (χ3n) is 2.86. The van der Waals surface area contributed by atoms with Gasteiger partial charge in [-0.05, 0) is 52.4 Å². The third-order valence-corrected chi connectivity index (χ3v) is 2.86. The summed E-state index contributed by atoms with van der Waals surface area (Å²) in [7, 11) is 2.04. The molecule has 0 saturated carbocycles. The Labute approximate surface area is 76.3 Å². The minimum absolute atomic E-state index is 0.833. The zero-order valence-corrected chi connectivity index (χ0v) is 8.47. The van der Waals surface area contributed by atoms with Crippen molar-refractivity contribution in [2.75, 3.05) is 26.7 Å². The minimum Gasteiger partial charge on any atom is -0.320 e. The van der Waals surface area contributed by atoms with Crippen LogP contribution in [0.25, 0.3) is 0 Å². The van der Waals surface area contributed by atoms with Gasteiger partial charge in [0.05, 0.1) is 0 Å². The average Bonchev–Trinajstić information content (AvgIpc) is 2.59. The molecule has 0 amide bonds. The van der Waals surface area contributed by atoms with Crippen molar-refractivity contribution >= 4 is 0 Å². The summed E-state index contributed by atoms with van der Waals surface area (Å²) >= 11 is 0. The Hall–Kier alpha value is -0.0800. The number of likely N-dealkylation sites (tertiary alicyclic amines) is 1. The van der Waals surface area contributed by atoms with Crippen molar-refractivity contribution in [2.45, 2.75) is 38.6 Å². The molecule has 0 aromatic heterocycles. The van der Waals surface area contributed by atoms with Gasteiger partial charge in [0.1, 0.15) is 0 Å². The number of hydrogen-bond donors (Lipinski definition) is 1. The van der Waals surface area contributed by atoms with Crippen molar-refractivity contribution in [1.82, 2.24) is 10.2 Å². The van der Waals surface area contributed by atoms with Crippen LogP contribution >= 0.6 is 0 Å². The Kier molecular flexibility index (Phi) is 4.62. The molecule has 0 radical (unpaired) electrons. The molecule has 0 aromatic carbocycles. The van der Waals surface area contributed by atoms with Gasteiger partial charge in [0, 0.05) is 6.04 Å². The highest BCUT2D eigenvalue weighted by Crippen LogP contribution is 2.15. The zero-order chi connectivity index (χ0) is 8.81. The summed E-state index contributed by atoms with van der Waals surface area (Å²) in [6.45, 7) is 6.14. The smallest absolute Gasteiger partial charge is 0.0105 e. The van der Waals surface area contributed by atoms with Crippen molar-refractivity contribution in [3.8, 4) is 0 Å². The van der Waals surface area contributed by atoms with Crippen LogP contribution in [-0.2, 0) is 0 Å². The molecule has 1 unspecified atom stereocenters. The number of nitrogens with zero attached hydrogens (tertiary/aromatic N) is 1. The van der Waals surface area contributed by atoms with Gasteiger partial charge in [0.25, 0.3) is 0 Å². The topological polar surface area (TPSA) is 15.3 Å². The van der Waals surface area contributed by atoms with Crippen LogP contribution in [0.2, 0.25) is 0 Å². The lowest BCUT2D eigenvalue weighted by molar-refractivity contribution is 0.224. The summed E-state index contributed by atoms with van der Waals surface area (Å²) < 4.78 is 0. The Morgan fingerprint density at radius 1 is 1.33 bits per heavy atom. The molecule has 1 aliphatic rings. The lowest BCUT2D eigenvalue weighted by Crippen LogP contribution is -2.34. The second-order valence-corrected chi connectivity index (χ2v) is 3.70. The third kappa shape index (κ3) is 2.76. The summed E-state index contributed by atoms with van der Waals surface area (Å²) in [6.07, 6.45) is 5.45. The van der Waals surface area contributed by atoms with Gasteiger partial charge in [0.2, 0.25) is 0 Å². The van der Waals surface area contributed by atoms with E-state index in [1.165, 1.54) is 38.8 Å². The molecule has 2 nitrogen and oxygen atoms in total. The van der Waals surface area contributed by atoms with E-state index in [1.807, 2.05) is 7.05 Å². The van der Waals surface area contributed by atoms with Crippen LogP contribution in [0.1, 0.15) is 32.6 Å². The molecule has 1 saturated heterocycles. The van der Waals surface area contributed by atoms with Crippen molar-refractivity contribution in [2.24, 2.45) is 0 Å². The van der Waals surface area contributed by atoms with Crippen LogP contribution in [0, 0.1) is 0 Å². The Bertz CT molecular complexity index is 108. The molecule has 1 aliphatic heterocycles. The predicted octanol–water partition coefficient (Wildman–Crippen LogP) is 1.47. The van der Waals surface area contributed by atoms with Gasteiger partial charge in [-0.2, -0.15) is 0 Å². The summed E-state index contributed by atoms with van der Waals surface area (Å²) in [5, 5.41) is 3.23. The van der Waals surface area contributed by atoms with E-state index in [0.717, 1.165) is 12.6 Å². The first-order chi connectivity index (χ1) is 5.88. The van der Waals surface area contributed by atoms with Crippen molar-refractivity contribution in [3.05, 3.63) is 0 Å². The molecule has 2 heteroatoms. The average molecular weight is 170 g/mol. The lowest BCUT2D eigenvalue weighted by atomic mass is 10.1. The molecule has 1 atom stereocenters. The maximum atomic E-state index is 3.23. The van der Waals surface area contributed by atoms with Crippen LogP contribution < -0.4 is 5.32 Å². The monoisotopic (exact) mass is 170 g/mol.